The summed E-state index contributed by atoms with van der Waals surface area (Å²) in [5, 5.41) is 23.4. The van der Waals surface area contributed by atoms with E-state index in [0.717, 1.165) is 0 Å². The maximum Gasteiger partial charge on any atom is 0.326 e. The van der Waals surface area contributed by atoms with Crippen LogP contribution in [0.15, 0.2) is 0 Å². The van der Waals surface area contributed by atoms with Crippen LogP contribution in [-0.2, 0) is 14.4 Å². The van der Waals surface area contributed by atoms with E-state index in [4.69, 9.17) is 10.8 Å². The smallest absolute Gasteiger partial charge is 0.326 e. The molecule has 0 saturated heterocycles. The van der Waals surface area contributed by atoms with E-state index in [1.807, 2.05) is 6.26 Å². The molecule has 4 atom stereocenters. The summed E-state index contributed by atoms with van der Waals surface area (Å²) in [6.45, 7) is 4.73. The van der Waals surface area contributed by atoms with Crippen LogP contribution in [0.25, 0.3) is 0 Å². The maximum absolute atomic E-state index is 12.3. The van der Waals surface area contributed by atoms with Gasteiger partial charge in [0.1, 0.15) is 18.1 Å². The van der Waals surface area contributed by atoms with E-state index in [-0.39, 0.29) is 5.92 Å². The van der Waals surface area contributed by atoms with Gasteiger partial charge in [-0.25, -0.2) is 4.79 Å². The molecule has 0 aliphatic carbocycles. The summed E-state index contributed by atoms with van der Waals surface area (Å²) in [6, 6.07) is -3.10. The molecule has 0 radical (unpaired) electrons. The molecule has 0 unspecified atom stereocenters. The zero-order valence-corrected chi connectivity index (χ0v) is 14.7. The van der Waals surface area contributed by atoms with E-state index in [9.17, 15) is 19.5 Å². The highest BCUT2D eigenvalue weighted by Crippen LogP contribution is 2.06. The van der Waals surface area contributed by atoms with Crippen molar-refractivity contribution in [2.75, 3.05) is 12.0 Å². The number of carbonyl (C=O) groups is 3. The Morgan fingerprint density at radius 1 is 1.13 bits per heavy atom. The summed E-state index contributed by atoms with van der Waals surface area (Å²) in [5.74, 6) is -2.07. The quantitative estimate of drug-likeness (QED) is 0.346. The van der Waals surface area contributed by atoms with E-state index < -0.39 is 42.0 Å². The number of aliphatic hydroxyl groups excluding tert-OH is 1. The molecule has 6 N–H and O–H groups in total. The number of aliphatic hydroxyl groups is 1. The van der Waals surface area contributed by atoms with Crippen LogP contribution in [0.3, 0.4) is 0 Å². The molecule has 0 bridgehead atoms. The number of rotatable bonds is 10. The van der Waals surface area contributed by atoms with Gasteiger partial charge in [0.2, 0.25) is 11.8 Å². The van der Waals surface area contributed by atoms with Crippen LogP contribution in [0.2, 0.25) is 0 Å². The molecule has 0 saturated carbocycles. The molecular formula is C14H27N3O5S. The zero-order valence-electron chi connectivity index (χ0n) is 13.9. The van der Waals surface area contributed by atoms with Gasteiger partial charge in [-0.1, -0.05) is 13.8 Å². The normalized spacial score (nSPS) is 16.3. The summed E-state index contributed by atoms with van der Waals surface area (Å²) < 4.78 is 0. The average Bonchev–Trinajstić information content (AvgIpc) is 2.46. The number of thioether (sulfide) groups is 1. The van der Waals surface area contributed by atoms with E-state index in [0.29, 0.717) is 12.2 Å². The van der Waals surface area contributed by atoms with Gasteiger partial charge in [0.15, 0.2) is 0 Å². The molecule has 134 valence electrons. The number of carbonyl (C=O) groups excluding carboxylic acids is 2. The third kappa shape index (κ3) is 7.67. The molecule has 0 aliphatic rings. The molecule has 8 nitrogen and oxygen atoms in total. The van der Waals surface area contributed by atoms with Crippen molar-refractivity contribution >= 4 is 29.5 Å². The van der Waals surface area contributed by atoms with Crippen LogP contribution < -0.4 is 16.4 Å². The number of hydrogen-bond acceptors (Lipinski definition) is 6. The number of amides is 2. The van der Waals surface area contributed by atoms with Gasteiger partial charge >= 0.3 is 5.97 Å². The molecule has 0 aliphatic heterocycles. The largest absolute Gasteiger partial charge is 0.480 e. The second kappa shape index (κ2) is 10.5. The fourth-order valence-electron chi connectivity index (χ4n) is 1.76. The van der Waals surface area contributed by atoms with Gasteiger partial charge in [-0.05, 0) is 31.3 Å². The molecule has 0 aromatic carbocycles. The van der Waals surface area contributed by atoms with E-state index in [1.165, 1.54) is 18.7 Å². The number of carboxylic acid groups (broad SMARTS) is 1. The summed E-state index contributed by atoms with van der Waals surface area (Å²) in [5.41, 5.74) is 5.54. The average molecular weight is 349 g/mol. The first-order valence-electron chi connectivity index (χ1n) is 7.37. The standard InChI is InChI=1S/C14H27N3O5S/c1-7(2)11(14(21)22)17-12(19)9(5-6-23-4)16-13(20)10(15)8(3)18/h7-11,18H,5-6,15H2,1-4H3,(H,16,20)(H,17,19)(H,21,22)/t8-,9+,10+,11+/m1/s1. The first kappa shape index (κ1) is 21.7. The Morgan fingerprint density at radius 2 is 1.70 bits per heavy atom. The Labute approximate surface area is 140 Å². The molecule has 23 heavy (non-hydrogen) atoms. The Morgan fingerprint density at radius 3 is 2.09 bits per heavy atom. The van der Waals surface area contributed by atoms with Crippen molar-refractivity contribution in [2.45, 2.75) is 51.4 Å². The minimum absolute atomic E-state index is 0.298. The predicted molar refractivity (Wildman–Crippen MR) is 89.0 cm³/mol. The minimum atomic E-state index is -1.15. The fourth-order valence-corrected chi connectivity index (χ4v) is 2.23. The molecule has 9 heteroatoms. The lowest BCUT2D eigenvalue weighted by Crippen LogP contribution is -2.57. The first-order valence-corrected chi connectivity index (χ1v) is 8.77. The summed E-state index contributed by atoms with van der Waals surface area (Å²) in [4.78, 5) is 35.4. The highest BCUT2D eigenvalue weighted by Gasteiger charge is 2.30. The molecule has 2 amide bonds. The van der Waals surface area contributed by atoms with Crippen molar-refractivity contribution in [3.8, 4) is 0 Å². The number of nitrogens with two attached hydrogens (primary N) is 1. The topological polar surface area (TPSA) is 142 Å². The van der Waals surface area contributed by atoms with Gasteiger partial charge in [0, 0.05) is 0 Å². The second-order valence-corrected chi connectivity index (χ2v) is 6.66. The Balaban J connectivity index is 4.97. The lowest BCUT2D eigenvalue weighted by molar-refractivity contribution is -0.143. The highest BCUT2D eigenvalue weighted by atomic mass is 32.2. The Kier molecular flexibility index (Phi) is 9.85. The van der Waals surface area contributed by atoms with Gasteiger partial charge in [-0.3, -0.25) is 9.59 Å². The Hall–Kier alpha value is -1.32. The number of hydrogen-bond donors (Lipinski definition) is 5. The van der Waals surface area contributed by atoms with Crippen LogP contribution in [-0.4, -0.2) is 64.2 Å². The van der Waals surface area contributed by atoms with Crippen LogP contribution >= 0.6 is 11.8 Å². The van der Waals surface area contributed by atoms with Gasteiger partial charge in [0.05, 0.1) is 6.10 Å². The molecule has 0 heterocycles. The van der Waals surface area contributed by atoms with Crippen LogP contribution in [0.5, 0.6) is 0 Å². The van der Waals surface area contributed by atoms with Crippen molar-refractivity contribution < 1.29 is 24.6 Å². The maximum atomic E-state index is 12.3. The van der Waals surface area contributed by atoms with Gasteiger partial charge in [0.25, 0.3) is 0 Å². The second-order valence-electron chi connectivity index (χ2n) is 5.68. The lowest BCUT2D eigenvalue weighted by Gasteiger charge is -2.24. The predicted octanol–water partition coefficient (Wildman–Crippen LogP) is -0.842. The SMILES string of the molecule is CSCC[C@H](NC(=O)[C@@H](N)[C@@H](C)O)C(=O)N[C@H](C(=O)O)C(C)C. The highest BCUT2D eigenvalue weighted by molar-refractivity contribution is 7.98. The third-order valence-electron chi connectivity index (χ3n) is 3.30. The number of nitrogens with one attached hydrogen (secondary N) is 2. The first-order chi connectivity index (χ1) is 10.6. The van der Waals surface area contributed by atoms with E-state index >= 15 is 0 Å². The van der Waals surface area contributed by atoms with Crippen LogP contribution in [0.1, 0.15) is 27.2 Å². The number of carboxylic acids is 1. The van der Waals surface area contributed by atoms with Crippen molar-refractivity contribution in [1.82, 2.24) is 10.6 Å². The fraction of sp³-hybridized carbons (Fsp3) is 0.786. The van der Waals surface area contributed by atoms with Crippen molar-refractivity contribution in [3.05, 3.63) is 0 Å². The third-order valence-corrected chi connectivity index (χ3v) is 3.94. The van der Waals surface area contributed by atoms with Gasteiger partial charge in [-0.15, -0.1) is 0 Å². The summed E-state index contributed by atoms with van der Waals surface area (Å²) in [6.07, 6.45) is 1.13. The van der Waals surface area contributed by atoms with Crippen LogP contribution in [0, 0.1) is 5.92 Å². The van der Waals surface area contributed by atoms with Crippen molar-refractivity contribution in [1.29, 1.82) is 0 Å². The molecule has 0 aromatic rings. The minimum Gasteiger partial charge on any atom is -0.480 e. The zero-order chi connectivity index (χ0) is 18.2. The summed E-state index contributed by atoms with van der Waals surface area (Å²) in [7, 11) is 0. The van der Waals surface area contributed by atoms with Gasteiger partial charge < -0.3 is 26.6 Å². The summed E-state index contributed by atoms with van der Waals surface area (Å²) >= 11 is 1.49. The molecule has 0 fully saturated rings. The van der Waals surface area contributed by atoms with Crippen molar-refractivity contribution in [3.63, 3.8) is 0 Å². The molecule has 0 aromatic heterocycles. The lowest BCUT2D eigenvalue weighted by atomic mass is 10.0. The molecule has 0 spiro atoms. The molecule has 0 rings (SSSR count). The molecular weight excluding hydrogens is 322 g/mol. The van der Waals surface area contributed by atoms with E-state index in [2.05, 4.69) is 10.6 Å². The Bertz CT molecular complexity index is 417. The van der Waals surface area contributed by atoms with E-state index in [1.54, 1.807) is 13.8 Å². The van der Waals surface area contributed by atoms with Crippen LogP contribution in [0.4, 0.5) is 0 Å². The monoisotopic (exact) mass is 349 g/mol. The van der Waals surface area contributed by atoms with Gasteiger partial charge in [-0.2, -0.15) is 11.8 Å². The number of aliphatic carboxylic acids is 1. The van der Waals surface area contributed by atoms with Crippen molar-refractivity contribution in [2.24, 2.45) is 11.7 Å².